The van der Waals surface area contributed by atoms with Crippen molar-refractivity contribution in [3.05, 3.63) is 34.3 Å². The number of primary amides is 1. The van der Waals surface area contributed by atoms with Crippen molar-refractivity contribution >= 4 is 27.5 Å². The lowest BCUT2D eigenvalue weighted by Gasteiger charge is -2.26. The first-order valence-corrected chi connectivity index (χ1v) is 9.72. The van der Waals surface area contributed by atoms with Gasteiger partial charge in [-0.1, -0.05) is 17.7 Å². The second-order valence-corrected chi connectivity index (χ2v) is 8.65. The normalized spacial score (nSPS) is 24.4. The zero-order valence-electron chi connectivity index (χ0n) is 13.4. The van der Waals surface area contributed by atoms with E-state index in [4.69, 9.17) is 17.3 Å². The Labute approximate surface area is 148 Å². The number of halogens is 4. The molecule has 0 aliphatic heterocycles. The Morgan fingerprint density at radius 1 is 1.44 bits per heavy atom. The van der Waals surface area contributed by atoms with E-state index in [0.29, 0.717) is 18.4 Å². The predicted molar refractivity (Wildman–Crippen MR) is 87.4 cm³/mol. The number of carbonyl (C=O) groups is 1. The number of nitrogens with two attached hydrogens (primary N) is 1. The number of hydrogen-bond donors (Lipinski definition) is 2. The lowest BCUT2D eigenvalue weighted by molar-refractivity contribution is -0.137. The highest BCUT2D eigenvalue weighted by Crippen LogP contribution is 2.42. The minimum atomic E-state index is -4.56. The molecule has 3 N–H and O–H groups in total. The number of amides is 1. The summed E-state index contributed by atoms with van der Waals surface area (Å²) in [5.41, 5.74) is 3.98. The van der Waals surface area contributed by atoms with E-state index >= 15 is 0 Å². The first-order valence-electron chi connectivity index (χ1n) is 7.45. The Bertz CT molecular complexity index is 783. The van der Waals surface area contributed by atoms with E-state index in [9.17, 15) is 26.4 Å². The Balaban J connectivity index is 2.24. The van der Waals surface area contributed by atoms with Gasteiger partial charge in [0.05, 0.1) is 22.3 Å². The van der Waals surface area contributed by atoms with Gasteiger partial charge in [0.2, 0.25) is 15.9 Å². The number of alkyl halides is 3. The first-order chi connectivity index (χ1) is 11.3. The third-order valence-corrected chi connectivity index (χ3v) is 5.47. The third kappa shape index (κ3) is 4.86. The van der Waals surface area contributed by atoms with Crippen molar-refractivity contribution in [2.45, 2.75) is 37.9 Å². The number of hydrogen-bond acceptors (Lipinski definition) is 3. The molecular weight excluding hydrogens is 381 g/mol. The predicted octanol–water partition coefficient (Wildman–Crippen LogP) is 2.47. The Morgan fingerprint density at radius 2 is 2.08 bits per heavy atom. The zero-order valence-corrected chi connectivity index (χ0v) is 14.9. The fourth-order valence-electron chi connectivity index (χ4n) is 3.29. The molecule has 2 atom stereocenters. The molecule has 1 aliphatic rings. The van der Waals surface area contributed by atoms with Crippen LogP contribution >= 0.6 is 11.6 Å². The lowest BCUT2D eigenvalue weighted by atomic mass is 9.79. The van der Waals surface area contributed by atoms with Crippen LogP contribution in [0.25, 0.3) is 0 Å². The van der Waals surface area contributed by atoms with Gasteiger partial charge in [0.1, 0.15) is 0 Å². The van der Waals surface area contributed by atoms with Gasteiger partial charge in [-0.15, -0.1) is 0 Å². The summed E-state index contributed by atoms with van der Waals surface area (Å²) in [5, 5.41) is -0.451. The monoisotopic (exact) mass is 398 g/mol. The van der Waals surface area contributed by atoms with Crippen LogP contribution in [0.3, 0.4) is 0 Å². The molecule has 0 unspecified atom stereocenters. The van der Waals surface area contributed by atoms with Crippen LogP contribution in [-0.2, 0) is 27.4 Å². The van der Waals surface area contributed by atoms with Crippen molar-refractivity contribution in [1.82, 2.24) is 4.72 Å². The average Bonchev–Trinajstić information content (AvgIpc) is 2.79. The summed E-state index contributed by atoms with van der Waals surface area (Å²) in [7, 11) is -3.43. The molecule has 0 bridgehead atoms. The van der Waals surface area contributed by atoms with E-state index in [1.807, 2.05) is 0 Å². The molecule has 5 nitrogen and oxygen atoms in total. The summed E-state index contributed by atoms with van der Waals surface area (Å²) < 4.78 is 63.5. The highest BCUT2D eigenvalue weighted by atomic mass is 35.5. The van der Waals surface area contributed by atoms with Crippen molar-refractivity contribution in [1.29, 1.82) is 0 Å². The molecule has 0 saturated heterocycles. The summed E-state index contributed by atoms with van der Waals surface area (Å²) in [4.78, 5) is 12.0. The minimum Gasteiger partial charge on any atom is -0.369 e. The molecule has 0 heterocycles. The molecule has 1 aromatic carbocycles. The minimum absolute atomic E-state index is 0.0993. The molecule has 1 aliphatic carbocycles. The number of carbonyl (C=O) groups excluding carboxylic acids is 1. The smallest absolute Gasteiger partial charge is 0.369 e. The fraction of sp³-hybridized carbons (Fsp3) is 0.533. The van der Waals surface area contributed by atoms with E-state index in [-0.39, 0.29) is 12.8 Å². The maximum atomic E-state index is 12.8. The fourth-order valence-corrected chi connectivity index (χ4v) is 4.41. The molecule has 140 valence electrons. The molecule has 2 rings (SSSR count). The number of nitrogens with one attached hydrogen (secondary N) is 1. The van der Waals surface area contributed by atoms with Crippen LogP contribution in [0.5, 0.6) is 0 Å². The van der Waals surface area contributed by atoms with Crippen molar-refractivity contribution in [2.24, 2.45) is 11.1 Å². The second kappa shape index (κ2) is 6.77. The van der Waals surface area contributed by atoms with Gasteiger partial charge in [-0.3, -0.25) is 4.79 Å². The van der Waals surface area contributed by atoms with Crippen molar-refractivity contribution in [3.63, 3.8) is 0 Å². The van der Waals surface area contributed by atoms with Crippen molar-refractivity contribution in [2.75, 3.05) is 6.26 Å². The number of sulfonamides is 1. The third-order valence-electron chi connectivity index (χ3n) is 4.39. The number of rotatable bonds is 5. The molecule has 10 heteroatoms. The SMILES string of the molecule is CS(=O)(=O)N[C@H]1CC[C@](Cc2ccc(C(F)(F)F)c(Cl)c2)(C(N)=O)C1. The van der Waals surface area contributed by atoms with Gasteiger partial charge in [0.15, 0.2) is 0 Å². The standard InChI is InChI=1S/C15H18ClF3N2O3S/c1-25(23,24)21-10-4-5-14(8-10,13(20)22)7-9-2-3-11(12(16)6-9)15(17,18)19/h2-3,6,10,21H,4-5,7-8H2,1H3,(H2,20,22)/t10-,14+/m0/s1. The molecule has 1 fully saturated rings. The second-order valence-electron chi connectivity index (χ2n) is 6.46. The van der Waals surface area contributed by atoms with Crippen molar-refractivity contribution in [3.8, 4) is 0 Å². The van der Waals surface area contributed by atoms with Crippen LogP contribution in [0.4, 0.5) is 13.2 Å². The quantitative estimate of drug-likeness (QED) is 0.798. The maximum Gasteiger partial charge on any atom is 0.417 e. The van der Waals surface area contributed by atoms with Crippen LogP contribution in [0.1, 0.15) is 30.4 Å². The highest BCUT2D eigenvalue weighted by molar-refractivity contribution is 7.88. The zero-order chi connectivity index (χ0) is 19.0. The molecule has 0 radical (unpaired) electrons. The maximum absolute atomic E-state index is 12.8. The molecule has 0 aromatic heterocycles. The summed E-state index contributed by atoms with van der Waals surface area (Å²) >= 11 is 5.71. The van der Waals surface area contributed by atoms with E-state index < -0.39 is 44.1 Å². The topological polar surface area (TPSA) is 89.3 Å². The van der Waals surface area contributed by atoms with E-state index in [1.54, 1.807) is 0 Å². The van der Waals surface area contributed by atoms with E-state index in [0.717, 1.165) is 12.3 Å². The van der Waals surface area contributed by atoms with Gasteiger partial charge in [0.25, 0.3) is 0 Å². The van der Waals surface area contributed by atoms with E-state index in [1.165, 1.54) is 12.1 Å². The Kier molecular flexibility index (Phi) is 5.42. The summed E-state index contributed by atoms with van der Waals surface area (Å²) in [5.74, 6) is -0.610. The molecule has 0 spiro atoms. The van der Waals surface area contributed by atoms with Crippen LogP contribution in [0.15, 0.2) is 18.2 Å². The van der Waals surface area contributed by atoms with Gasteiger partial charge in [-0.05, 0) is 43.4 Å². The average molecular weight is 399 g/mol. The van der Waals surface area contributed by atoms with Crippen LogP contribution in [0, 0.1) is 5.41 Å². The Morgan fingerprint density at radius 3 is 2.56 bits per heavy atom. The van der Waals surface area contributed by atoms with Gasteiger partial charge < -0.3 is 5.73 Å². The summed E-state index contributed by atoms with van der Waals surface area (Å²) in [6, 6.07) is 2.86. The van der Waals surface area contributed by atoms with Crippen LogP contribution in [-0.4, -0.2) is 26.6 Å². The van der Waals surface area contributed by atoms with Gasteiger partial charge in [-0.2, -0.15) is 13.2 Å². The van der Waals surface area contributed by atoms with Gasteiger partial charge in [0, 0.05) is 6.04 Å². The highest BCUT2D eigenvalue weighted by Gasteiger charge is 2.45. The van der Waals surface area contributed by atoms with Crippen LogP contribution < -0.4 is 10.5 Å². The van der Waals surface area contributed by atoms with Gasteiger partial charge >= 0.3 is 6.18 Å². The lowest BCUT2D eigenvalue weighted by Crippen LogP contribution is -2.40. The molecule has 1 amide bonds. The van der Waals surface area contributed by atoms with Gasteiger partial charge in [-0.25, -0.2) is 13.1 Å². The van der Waals surface area contributed by atoms with E-state index in [2.05, 4.69) is 4.72 Å². The largest absolute Gasteiger partial charge is 0.417 e. The van der Waals surface area contributed by atoms with Crippen molar-refractivity contribution < 1.29 is 26.4 Å². The molecular formula is C15H18ClF3N2O3S. The molecule has 1 saturated carbocycles. The Hall–Kier alpha value is -1.32. The first kappa shape index (κ1) is 20.0. The molecule has 25 heavy (non-hydrogen) atoms. The van der Waals surface area contributed by atoms with Crippen LogP contribution in [0.2, 0.25) is 5.02 Å². The number of benzene rings is 1. The summed E-state index contributed by atoms with van der Waals surface area (Å²) in [6.07, 6.45) is -2.49. The summed E-state index contributed by atoms with van der Waals surface area (Å²) in [6.45, 7) is 0. The molecule has 1 aromatic rings.